The van der Waals surface area contributed by atoms with Crippen molar-refractivity contribution in [2.75, 3.05) is 5.32 Å². The molecule has 2 N–H and O–H groups in total. The first-order valence-electron chi connectivity index (χ1n) is 5.89. The third-order valence-corrected chi connectivity index (χ3v) is 3.09. The molecule has 0 spiro atoms. The van der Waals surface area contributed by atoms with Crippen molar-refractivity contribution < 1.29 is 14.7 Å². The summed E-state index contributed by atoms with van der Waals surface area (Å²) < 4.78 is 0. The molecule has 5 heteroatoms. The molecule has 0 saturated carbocycles. The van der Waals surface area contributed by atoms with E-state index in [0.29, 0.717) is 10.6 Å². The van der Waals surface area contributed by atoms with Gasteiger partial charge in [0.15, 0.2) is 0 Å². The van der Waals surface area contributed by atoms with Crippen LogP contribution in [0.4, 0.5) is 5.69 Å². The number of aryl methyl sites for hydroxylation is 1. The highest BCUT2D eigenvalue weighted by Crippen LogP contribution is 2.19. The second-order valence-electron chi connectivity index (χ2n) is 4.26. The molecule has 2 rings (SSSR count). The minimum atomic E-state index is -1.09. The van der Waals surface area contributed by atoms with Gasteiger partial charge in [0.05, 0.1) is 11.3 Å². The van der Waals surface area contributed by atoms with Gasteiger partial charge in [-0.25, -0.2) is 4.79 Å². The van der Waals surface area contributed by atoms with Crippen molar-refractivity contribution in [2.24, 2.45) is 0 Å². The molecule has 4 nitrogen and oxygen atoms in total. The summed E-state index contributed by atoms with van der Waals surface area (Å²) in [4.78, 5) is 23.3. The number of hydrogen-bond donors (Lipinski definition) is 2. The monoisotopic (exact) mass is 289 g/mol. The van der Waals surface area contributed by atoms with Crippen LogP contribution in [-0.2, 0) is 0 Å². The van der Waals surface area contributed by atoms with E-state index < -0.39 is 11.9 Å². The van der Waals surface area contributed by atoms with E-state index in [9.17, 15) is 9.59 Å². The summed E-state index contributed by atoms with van der Waals surface area (Å²) >= 11 is 5.87. The van der Waals surface area contributed by atoms with Crippen LogP contribution in [0.2, 0.25) is 5.02 Å². The number of halogens is 1. The van der Waals surface area contributed by atoms with Crippen LogP contribution < -0.4 is 5.32 Å². The van der Waals surface area contributed by atoms with Crippen molar-refractivity contribution in [1.82, 2.24) is 0 Å². The Labute approximate surface area is 121 Å². The number of anilines is 1. The Balaban J connectivity index is 2.33. The molecule has 0 bridgehead atoms. The maximum Gasteiger partial charge on any atom is 0.337 e. The lowest BCUT2D eigenvalue weighted by molar-refractivity contribution is 0.0698. The Morgan fingerprint density at radius 1 is 1.10 bits per heavy atom. The average Bonchev–Trinajstić information content (AvgIpc) is 2.41. The van der Waals surface area contributed by atoms with E-state index in [4.69, 9.17) is 16.7 Å². The van der Waals surface area contributed by atoms with Crippen molar-refractivity contribution in [1.29, 1.82) is 0 Å². The molecule has 0 aromatic heterocycles. The van der Waals surface area contributed by atoms with Crippen molar-refractivity contribution in [3.63, 3.8) is 0 Å². The number of carboxylic acid groups (broad SMARTS) is 1. The lowest BCUT2D eigenvalue weighted by Gasteiger charge is -2.10. The molecule has 0 radical (unpaired) electrons. The molecule has 1 amide bonds. The fourth-order valence-electron chi connectivity index (χ4n) is 1.81. The van der Waals surface area contributed by atoms with Crippen LogP contribution in [0.3, 0.4) is 0 Å². The van der Waals surface area contributed by atoms with Gasteiger partial charge in [-0.15, -0.1) is 0 Å². The molecule has 2 aromatic rings. The summed E-state index contributed by atoms with van der Waals surface area (Å²) in [5.41, 5.74) is 1.47. The molecule has 0 unspecified atom stereocenters. The Kier molecular flexibility index (Phi) is 4.05. The van der Waals surface area contributed by atoms with Gasteiger partial charge in [0.1, 0.15) is 0 Å². The Morgan fingerprint density at radius 2 is 1.80 bits per heavy atom. The van der Waals surface area contributed by atoms with Crippen molar-refractivity contribution in [2.45, 2.75) is 6.92 Å². The molecular weight excluding hydrogens is 278 g/mol. The fourth-order valence-corrected chi connectivity index (χ4v) is 1.98. The second-order valence-corrected chi connectivity index (χ2v) is 4.70. The highest BCUT2D eigenvalue weighted by atomic mass is 35.5. The number of nitrogens with one attached hydrogen (secondary N) is 1. The normalized spacial score (nSPS) is 10.1. The summed E-state index contributed by atoms with van der Waals surface area (Å²) in [7, 11) is 0. The van der Waals surface area contributed by atoms with Crippen LogP contribution in [-0.4, -0.2) is 17.0 Å². The zero-order valence-electron chi connectivity index (χ0n) is 10.7. The molecule has 102 valence electrons. The summed E-state index contributed by atoms with van der Waals surface area (Å²) in [5, 5.41) is 12.1. The number of para-hydroxylation sites is 1. The number of rotatable bonds is 3. The molecule has 0 heterocycles. The summed E-state index contributed by atoms with van der Waals surface area (Å²) in [5.74, 6) is -1.48. The molecule has 0 fully saturated rings. The second kappa shape index (κ2) is 5.75. The van der Waals surface area contributed by atoms with Crippen molar-refractivity contribution in [3.05, 3.63) is 64.2 Å². The first-order valence-corrected chi connectivity index (χ1v) is 6.26. The molecule has 0 saturated heterocycles. The van der Waals surface area contributed by atoms with Crippen LogP contribution in [0.1, 0.15) is 26.3 Å². The first kappa shape index (κ1) is 14.1. The summed E-state index contributed by atoms with van der Waals surface area (Å²) in [6, 6.07) is 11.2. The molecule has 0 aliphatic carbocycles. The highest BCUT2D eigenvalue weighted by molar-refractivity contribution is 6.31. The minimum Gasteiger partial charge on any atom is -0.478 e. The number of aromatic carboxylic acids is 1. The van der Waals surface area contributed by atoms with Gasteiger partial charge in [0, 0.05) is 10.6 Å². The van der Waals surface area contributed by atoms with Gasteiger partial charge in [-0.2, -0.15) is 0 Å². The summed E-state index contributed by atoms with van der Waals surface area (Å²) in [6.07, 6.45) is 0. The van der Waals surface area contributed by atoms with Crippen LogP contribution in [0.5, 0.6) is 0 Å². The van der Waals surface area contributed by atoms with Gasteiger partial charge < -0.3 is 10.4 Å². The number of carbonyl (C=O) groups is 2. The molecular formula is C15H12ClNO3. The van der Waals surface area contributed by atoms with Gasteiger partial charge in [-0.1, -0.05) is 29.8 Å². The highest BCUT2D eigenvalue weighted by Gasteiger charge is 2.14. The third kappa shape index (κ3) is 2.97. The fraction of sp³-hybridized carbons (Fsp3) is 0.0667. The number of amides is 1. The van der Waals surface area contributed by atoms with E-state index in [1.165, 1.54) is 6.07 Å². The number of carboxylic acids is 1. The van der Waals surface area contributed by atoms with E-state index in [2.05, 4.69) is 5.32 Å². The van der Waals surface area contributed by atoms with E-state index in [-0.39, 0.29) is 11.3 Å². The van der Waals surface area contributed by atoms with Crippen LogP contribution in [0.25, 0.3) is 0 Å². The standard InChI is InChI=1S/C15H12ClNO3/c1-9-6-7-10(16)8-12(9)14(18)17-13-5-3-2-4-11(13)15(19)20/h2-8H,1H3,(H,17,18)(H,19,20). The van der Waals surface area contributed by atoms with Crippen molar-refractivity contribution in [3.8, 4) is 0 Å². The topological polar surface area (TPSA) is 66.4 Å². The lowest BCUT2D eigenvalue weighted by Crippen LogP contribution is -2.15. The maximum absolute atomic E-state index is 12.2. The minimum absolute atomic E-state index is 0.0422. The van der Waals surface area contributed by atoms with E-state index in [1.807, 2.05) is 0 Å². The van der Waals surface area contributed by atoms with Crippen LogP contribution >= 0.6 is 11.6 Å². The quantitative estimate of drug-likeness (QED) is 0.907. The third-order valence-electron chi connectivity index (χ3n) is 2.85. The average molecular weight is 290 g/mol. The van der Waals surface area contributed by atoms with E-state index in [0.717, 1.165) is 5.56 Å². The van der Waals surface area contributed by atoms with Gasteiger partial charge in [-0.3, -0.25) is 4.79 Å². The Hall–Kier alpha value is -2.33. The molecule has 0 atom stereocenters. The van der Waals surface area contributed by atoms with Gasteiger partial charge >= 0.3 is 5.97 Å². The number of carbonyl (C=O) groups excluding carboxylic acids is 1. The zero-order valence-corrected chi connectivity index (χ0v) is 11.4. The van der Waals surface area contributed by atoms with Gasteiger partial charge in [0.2, 0.25) is 0 Å². The van der Waals surface area contributed by atoms with Crippen molar-refractivity contribution >= 4 is 29.2 Å². The molecule has 0 aliphatic heterocycles. The van der Waals surface area contributed by atoms with Crippen LogP contribution in [0.15, 0.2) is 42.5 Å². The Bertz CT molecular complexity index is 683. The lowest BCUT2D eigenvalue weighted by atomic mass is 10.1. The molecule has 0 aliphatic rings. The predicted octanol–water partition coefficient (Wildman–Crippen LogP) is 3.60. The number of benzene rings is 2. The zero-order chi connectivity index (χ0) is 14.7. The van der Waals surface area contributed by atoms with E-state index in [1.54, 1.807) is 43.3 Å². The number of hydrogen-bond acceptors (Lipinski definition) is 2. The Morgan fingerprint density at radius 3 is 2.50 bits per heavy atom. The van der Waals surface area contributed by atoms with Gasteiger partial charge in [0.25, 0.3) is 5.91 Å². The predicted molar refractivity (Wildman–Crippen MR) is 77.5 cm³/mol. The molecule has 2 aromatic carbocycles. The smallest absolute Gasteiger partial charge is 0.337 e. The maximum atomic E-state index is 12.2. The summed E-state index contributed by atoms with van der Waals surface area (Å²) in [6.45, 7) is 1.79. The molecule has 20 heavy (non-hydrogen) atoms. The van der Waals surface area contributed by atoms with Gasteiger partial charge in [-0.05, 0) is 36.8 Å². The van der Waals surface area contributed by atoms with E-state index >= 15 is 0 Å². The SMILES string of the molecule is Cc1ccc(Cl)cc1C(=O)Nc1ccccc1C(=O)O. The van der Waals surface area contributed by atoms with Crippen LogP contribution in [0, 0.1) is 6.92 Å². The first-order chi connectivity index (χ1) is 9.49. The largest absolute Gasteiger partial charge is 0.478 e.